The van der Waals surface area contributed by atoms with E-state index < -0.39 is 0 Å². The molecule has 1 amide bonds. The number of nitrogens with zero attached hydrogens (tertiary/aromatic N) is 1. The van der Waals surface area contributed by atoms with Gasteiger partial charge in [0.05, 0.1) is 5.69 Å². The third kappa shape index (κ3) is 3.38. The van der Waals surface area contributed by atoms with E-state index in [2.05, 4.69) is 42.5 Å². The smallest absolute Gasteiger partial charge is 0.231 e. The lowest BCUT2D eigenvalue weighted by Crippen LogP contribution is -2.28. The van der Waals surface area contributed by atoms with E-state index in [1.54, 1.807) is 0 Å². The molecule has 0 fully saturated rings. The minimum absolute atomic E-state index is 0.00792. The lowest BCUT2D eigenvalue weighted by Gasteiger charge is -2.23. The monoisotopic (exact) mass is 298 g/mol. The molecule has 0 aliphatic heterocycles. The molecule has 4 heteroatoms. The van der Waals surface area contributed by atoms with Crippen molar-refractivity contribution in [3.8, 4) is 0 Å². The van der Waals surface area contributed by atoms with Crippen molar-refractivity contribution < 1.29 is 9.32 Å². The van der Waals surface area contributed by atoms with Crippen LogP contribution in [0.2, 0.25) is 0 Å². The minimum atomic E-state index is 0.00792. The fourth-order valence-electron chi connectivity index (χ4n) is 3.03. The standard InChI is InChI=1S/C18H22N2O2/c1-12(2)9-16-11-17(22-20-16)19-18(21)15-8-7-13-5-3-4-6-14(13)10-15/h3-6,11-12,15H,7-10H2,1-2H3,(H,19,21). The van der Waals surface area contributed by atoms with Gasteiger partial charge in [0.15, 0.2) is 0 Å². The third-order valence-electron chi connectivity index (χ3n) is 4.14. The Hall–Kier alpha value is -2.10. The van der Waals surface area contributed by atoms with Gasteiger partial charge in [-0.15, -0.1) is 0 Å². The Labute approximate surface area is 130 Å². The van der Waals surface area contributed by atoms with Crippen molar-refractivity contribution in [2.45, 2.75) is 39.5 Å². The Morgan fingerprint density at radius 2 is 2.14 bits per heavy atom. The molecule has 1 aromatic heterocycles. The summed E-state index contributed by atoms with van der Waals surface area (Å²) in [6, 6.07) is 10.2. The highest BCUT2D eigenvalue weighted by Crippen LogP contribution is 2.26. The van der Waals surface area contributed by atoms with Crippen molar-refractivity contribution in [1.82, 2.24) is 5.16 Å². The van der Waals surface area contributed by atoms with Crippen molar-refractivity contribution in [2.75, 3.05) is 5.32 Å². The summed E-state index contributed by atoms with van der Waals surface area (Å²) in [6.07, 6.45) is 3.50. The summed E-state index contributed by atoms with van der Waals surface area (Å²) in [5, 5.41) is 6.87. The molecule has 0 radical (unpaired) electrons. The van der Waals surface area contributed by atoms with E-state index in [1.165, 1.54) is 11.1 Å². The molecule has 1 N–H and O–H groups in total. The SMILES string of the molecule is CC(C)Cc1cc(NC(=O)C2CCc3ccccc3C2)on1. The van der Waals surface area contributed by atoms with Gasteiger partial charge >= 0.3 is 0 Å². The molecule has 116 valence electrons. The van der Waals surface area contributed by atoms with Gasteiger partial charge in [-0.2, -0.15) is 0 Å². The van der Waals surface area contributed by atoms with Gasteiger partial charge in [-0.05, 0) is 42.7 Å². The molecule has 4 nitrogen and oxygen atoms in total. The molecule has 22 heavy (non-hydrogen) atoms. The summed E-state index contributed by atoms with van der Waals surface area (Å²) in [5.74, 6) is 1.01. The molecule has 3 rings (SSSR count). The minimum Gasteiger partial charge on any atom is -0.338 e. The van der Waals surface area contributed by atoms with Crippen molar-refractivity contribution >= 4 is 11.8 Å². The topological polar surface area (TPSA) is 55.1 Å². The van der Waals surface area contributed by atoms with Gasteiger partial charge in [-0.25, -0.2) is 0 Å². The zero-order chi connectivity index (χ0) is 15.5. The molecule has 0 saturated carbocycles. The van der Waals surface area contributed by atoms with Gasteiger partial charge in [0.25, 0.3) is 0 Å². The lowest BCUT2D eigenvalue weighted by molar-refractivity contribution is -0.120. The summed E-state index contributed by atoms with van der Waals surface area (Å²) in [6.45, 7) is 4.26. The van der Waals surface area contributed by atoms with Crippen LogP contribution in [0, 0.1) is 11.8 Å². The summed E-state index contributed by atoms with van der Waals surface area (Å²) in [5.41, 5.74) is 3.54. The highest BCUT2D eigenvalue weighted by Gasteiger charge is 2.25. The zero-order valence-electron chi connectivity index (χ0n) is 13.1. The molecule has 0 bridgehead atoms. The van der Waals surface area contributed by atoms with Gasteiger partial charge in [0.2, 0.25) is 11.8 Å². The maximum absolute atomic E-state index is 12.4. The van der Waals surface area contributed by atoms with Gasteiger partial charge in [0, 0.05) is 12.0 Å². The number of benzene rings is 1. The fraction of sp³-hybridized carbons (Fsp3) is 0.444. The molecule has 1 atom stereocenters. The van der Waals surface area contributed by atoms with Crippen LogP contribution in [0.25, 0.3) is 0 Å². The summed E-state index contributed by atoms with van der Waals surface area (Å²) in [7, 11) is 0. The van der Waals surface area contributed by atoms with Crippen LogP contribution in [0.5, 0.6) is 0 Å². The van der Waals surface area contributed by atoms with E-state index in [0.29, 0.717) is 11.8 Å². The lowest BCUT2D eigenvalue weighted by atomic mass is 9.83. The average Bonchev–Trinajstić information content (AvgIpc) is 2.93. The Morgan fingerprint density at radius 1 is 1.36 bits per heavy atom. The van der Waals surface area contributed by atoms with Crippen molar-refractivity contribution in [2.24, 2.45) is 11.8 Å². The number of hydrogen-bond acceptors (Lipinski definition) is 3. The number of anilines is 1. The van der Waals surface area contributed by atoms with Gasteiger partial charge in [-0.3, -0.25) is 10.1 Å². The van der Waals surface area contributed by atoms with Crippen molar-refractivity contribution in [3.05, 3.63) is 47.2 Å². The predicted octanol–water partition coefficient (Wildman–Crippen LogP) is 3.62. The first-order valence-corrected chi connectivity index (χ1v) is 7.95. The van der Waals surface area contributed by atoms with Crippen molar-refractivity contribution in [1.29, 1.82) is 0 Å². The number of amides is 1. The maximum atomic E-state index is 12.4. The first-order valence-electron chi connectivity index (χ1n) is 7.95. The maximum Gasteiger partial charge on any atom is 0.231 e. The second-order valence-corrected chi connectivity index (χ2v) is 6.48. The number of aromatic nitrogens is 1. The second kappa shape index (κ2) is 6.34. The Bertz CT molecular complexity index is 661. The summed E-state index contributed by atoms with van der Waals surface area (Å²) in [4.78, 5) is 12.4. The molecule has 0 saturated heterocycles. The van der Waals surface area contributed by atoms with E-state index in [9.17, 15) is 4.79 Å². The number of rotatable bonds is 4. The molecule has 1 unspecified atom stereocenters. The van der Waals surface area contributed by atoms with Crippen LogP contribution in [0.15, 0.2) is 34.9 Å². The van der Waals surface area contributed by atoms with Crippen LogP contribution >= 0.6 is 0 Å². The number of aryl methyl sites for hydroxylation is 1. The van der Waals surface area contributed by atoms with Crippen LogP contribution in [-0.4, -0.2) is 11.1 Å². The molecule has 2 aromatic rings. The zero-order valence-corrected chi connectivity index (χ0v) is 13.1. The molecule has 1 aromatic carbocycles. The van der Waals surface area contributed by atoms with E-state index in [-0.39, 0.29) is 11.8 Å². The Balaban J connectivity index is 1.62. The van der Waals surface area contributed by atoms with E-state index >= 15 is 0 Å². The second-order valence-electron chi connectivity index (χ2n) is 6.48. The molecule has 1 heterocycles. The summed E-state index contributed by atoms with van der Waals surface area (Å²) < 4.78 is 5.21. The molecule has 1 aliphatic rings. The van der Waals surface area contributed by atoms with Gasteiger partial charge in [-0.1, -0.05) is 43.3 Å². The molecular weight excluding hydrogens is 276 g/mol. The van der Waals surface area contributed by atoms with Crippen LogP contribution in [-0.2, 0) is 24.1 Å². The van der Waals surface area contributed by atoms with Crippen LogP contribution in [0.3, 0.4) is 0 Å². The number of carbonyl (C=O) groups excluding carboxylic acids is 1. The van der Waals surface area contributed by atoms with E-state index in [0.717, 1.165) is 31.4 Å². The quantitative estimate of drug-likeness (QED) is 0.938. The third-order valence-corrected chi connectivity index (χ3v) is 4.14. The van der Waals surface area contributed by atoms with Crippen LogP contribution in [0.1, 0.15) is 37.1 Å². The predicted molar refractivity (Wildman–Crippen MR) is 85.6 cm³/mol. The molecule has 1 aliphatic carbocycles. The first-order chi connectivity index (χ1) is 10.6. The highest BCUT2D eigenvalue weighted by molar-refractivity contribution is 5.91. The first kappa shape index (κ1) is 14.8. The number of carbonyl (C=O) groups is 1. The Morgan fingerprint density at radius 3 is 2.91 bits per heavy atom. The number of hydrogen-bond donors (Lipinski definition) is 1. The highest BCUT2D eigenvalue weighted by atomic mass is 16.5. The molecular formula is C18H22N2O2. The largest absolute Gasteiger partial charge is 0.338 e. The van der Waals surface area contributed by atoms with Crippen LogP contribution < -0.4 is 5.32 Å². The number of fused-ring (bicyclic) bond motifs is 1. The van der Waals surface area contributed by atoms with Gasteiger partial charge < -0.3 is 4.52 Å². The summed E-state index contributed by atoms with van der Waals surface area (Å²) >= 11 is 0. The van der Waals surface area contributed by atoms with E-state index in [1.807, 2.05) is 12.1 Å². The van der Waals surface area contributed by atoms with Crippen molar-refractivity contribution in [3.63, 3.8) is 0 Å². The Kier molecular flexibility index (Phi) is 4.27. The van der Waals surface area contributed by atoms with E-state index in [4.69, 9.17) is 4.52 Å². The fourth-order valence-corrected chi connectivity index (χ4v) is 3.03. The van der Waals surface area contributed by atoms with Crippen LogP contribution in [0.4, 0.5) is 5.88 Å². The normalized spacial score (nSPS) is 17.3. The molecule has 0 spiro atoms. The van der Waals surface area contributed by atoms with Gasteiger partial charge in [0.1, 0.15) is 0 Å². The average molecular weight is 298 g/mol. The number of nitrogens with one attached hydrogen (secondary N) is 1.